The molecule has 19 heavy (non-hydrogen) atoms. The molecule has 0 saturated heterocycles. The van der Waals surface area contributed by atoms with E-state index in [4.69, 9.17) is 0 Å². The summed E-state index contributed by atoms with van der Waals surface area (Å²) in [6.45, 7) is 11.7. The molecule has 1 amide bonds. The summed E-state index contributed by atoms with van der Waals surface area (Å²) in [5.41, 5.74) is 1.15. The van der Waals surface area contributed by atoms with E-state index in [1.165, 1.54) is 0 Å². The lowest BCUT2D eigenvalue weighted by atomic mass is 10.1. The van der Waals surface area contributed by atoms with Gasteiger partial charge in [-0.15, -0.1) is 0 Å². The standard InChI is InChI=1S/C14H26N4O/c1-11(2)17-13(19)6-7-15-8-12-9-16-18(10-12)14(3,4)5/h9-11,15H,6-8H2,1-5H3,(H,17,19). The summed E-state index contributed by atoms with van der Waals surface area (Å²) in [7, 11) is 0. The first-order valence-corrected chi connectivity index (χ1v) is 6.83. The predicted molar refractivity (Wildman–Crippen MR) is 76.8 cm³/mol. The van der Waals surface area contributed by atoms with Gasteiger partial charge in [0.2, 0.25) is 5.91 Å². The van der Waals surface area contributed by atoms with E-state index in [0.717, 1.165) is 12.1 Å². The summed E-state index contributed by atoms with van der Waals surface area (Å²) in [6, 6.07) is 0.206. The molecule has 5 heteroatoms. The molecular formula is C14H26N4O. The second-order valence-electron chi connectivity index (χ2n) is 6.11. The maximum absolute atomic E-state index is 11.4. The molecule has 2 N–H and O–H groups in total. The third-order valence-corrected chi connectivity index (χ3v) is 2.63. The summed E-state index contributed by atoms with van der Waals surface area (Å²) in [5, 5.41) is 10.5. The summed E-state index contributed by atoms with van der Waals surface area (Å²) in [6.07, 6.45) is 4.42. The number of nitrogens with zero attached hydrogens (tertiary/aromatic N) is 2. The normalized spacial score (nSPS) is 11.9. The average Bonchev–Trinajstić information content (AvgIpc) is 2.71. The number of nitrogens with one attached hydrogen (secondary N) is 2. The minimum absolute atomic E-state index is 0.00933. The predicted octanol–water partition coefficient (Wildman–Crippen LogP) is 1.64. The van der Waals surface area contributed by atoms with Gasteiger partial charge >= 0.3 is 0 Å². The Hall–Kier alpha value is -1.36. The fourth-order valence-corrected chi connectivity index (χ4v) is 1.65. The lowest BCUT2D eigenvalue weighted by Gasteiger charge is -2.18. The largest absolute Gasteiger partial charge is 0.354 e. The summed E-state index contributed by atoms with van der Waals surface area (Å²) in [5.74, 6) is 0.0906. The summed E-state index contributed by atoms with van der Waals surface area (Å²) < 4.78 is 1.95. The molecule has 5 nitrogen and oxygen atoms in total. The number of carbonyl (C=O) groups is 1. The first-order valence-electron chi connectivity index (χ1n) is 6.83. The molecule has 0 bridgehead atoms. The SMILES string of the molecule is CC(C)NC(=O)CCNCc1cnn(C(C)(C)C)c1. The highest BCUT2D eigenvalue weighted by molar-refractivity contribution is 5.76. The zero-order chi connectivity index (χ0) is 14.5. The lowest BCUT2D eigenvalue weighted by molar-refractivity contribution is -0.121. The van der Waals surface area contributed by atoms with Gasteiger partial charge in [-0.2, -0.15) is 5.10 Å². The Kier molecular flexibility index (Phi) is 5.54. The van der Waals surface area contributed by atoms with Crippen molar-refractivity contribution in [2.75, 3.05) is 6.54 Å². The Morgan fingerprint density at radius 3 is 2.63 bits per heavy atom. The Labute approximate surface area is 115 Å². The molecule has 0 fully saturated rings. The van der Waals surface area contributed by atoms with Crippen LogP contribution in [-0.2, 0) is 16.9 Å². The van der Waals surface area contributed by atoms with Gasteiger partial charge in [-0.25, -0.2) is 0 Å². The Morgan fingerprint density at radius 2 is 2.11 bits per heavy atom. The first kappa shape index (κ1) is 15.7. The van der Waals surface area contributed by atoms with Crippen molar-refractivity contribution in [2.45, 2.75) is 59.2 Å². The Morgan fingerprint density at radius 1 is 1.42 bits per heavy atom. The van der Waals surface area contributed by atoms with Crippen LogP contribution in [0.15, 0.2) is 12.4 Å². The van der Waals surface area contributed by atoms with Crippen molar-refractivity contribution < 1.29 is 4.79 Å². The summed E-state index contributed by atoms with van der Waals surface area (Å²) in [4.78, 5) is 11.4. The van der Waals surface area contributed by atoms with Crippen LogP contribution in [0.2, 0.25) is 0 Å². The third kappa shape index (κ3) is 5.87. The molecule has 0 aliphatic heterocycles. The van der Waals surface area contributed by atoms with Crippen LogP contribution in [0, 0.1) is 0 Å². The maximum atomic E-state index is 11.4. The van der Waals surface area contributed by atoms with Crippen LogP contribution in [0.1, 0.15) is 46.6 Å². The lowest BCUT2D eigenvalue weighted by Crippen LogP contribution is -2.32. The van der Waals surface area contributed by atoms with E-state index in [1.807, 2.05) is 30.9 Å². The molecule has 1 aromatic rings. The Bertz CT molecular complexity index is 404. The van der Waals surface area contributed by atoms with Crippen molar-refractivity contribution in [1.29, 1.82) is 0 Å². The van der Waals surface area contributed by atoms with Crippen LogP contribution in [0.3, 0.4) is 0 Å². The zero-order valence-electron chi connectivity index (χ0n) is 12.7. The molecule has 0 aliphatic rings. The molecular weight excluding hydrogens is 240 g/mol. The second kappa shape index (κ2) is 6.70. The van der Waals surface area contributed by atoms with Gasteiger partial charge in [0, 0.05) is 37.3 Å². The van der Waals surface area contributed by atoms with Crippen LogP contribution < -0.4 is 10.6 Å². The zero-order valence-corrected chi connectivity index (χ0v) is 12.7. The minimum atomic E-state index is 0.00933. The summed E-state index contributed by atoms with van der Waals surface area (Å²) >= 11 is 0. The second-order valence-corrected chi connectivity index (χ2v) is 6.11. The highest BCUT2D eigenvalue weighted by Gasteiger charge is 2.13. The van der Waals surface area contributed by atoms with E-state index in [-0.39, 0.29) is 17.5 Å². The molecule has 0 aromatic carbocycles. The van der Waals surface area contributed by atoms with Crippen molar-refractivity contribution >= 4 is 5.91 Å². The first-order chi connectivity index (χ1) is 8.79. The van der Waals surface area contributed by atoms with E-state index in [9.17, 15) is 4.79 Å². The van der Waals surface area contributed by atoms with Gasteiger partial charge in [0.15, 0.2) is 0 Å². The molecule has 0 spiro atoms. The topological polar surface area (TPSA) is 59.0 Å². The van der Waals surface area contributed by atoms with Gasteiger partial charge in [0.05, 0.1) is 11.7 Å². The van der Waals surface area contributed by atoms with Crippen LogP contribution in [-0.4, -0.2) is 28.3 Å². The van der Waals surface area contributed by atoms with Crippen molar-refractivity contribution in [3.05, 3.63) is 18.0 Å². The molecule has 1 aromatic heterocycles. The number of rotatable bonds is 6. The number of aromatic nitrogens is 2. The molecule has 1 heterocycles. The van der Waals surface area contributed by atoms with Crippen LogP contribution in [0.25, 0.3) is 0 Å². The van der Waals surface area contributed by atoms with E-state index in [1.54, 1.807) is 0 Å². The van der Waals surface area contributed by atoms with Crippen LogP contribution >= 0.6 is 0 Å². The quantitative estimate of drug-likeness (QED) is 0.770. The van der Waals surface area contributed by atoms with Crippen LogP contribution in [0.4, 0.5) is 0 Å². The molecule has 0 unspecified atom stereocenters. The smallest absolute Gasteiger partial charge is 0.221 e. The fraction of sp³-hybridized carbons (Fsp3) is 0.714. The number of hydrogen-bond donors (Lipinski definition) is 2. The highest BCUT2D eigenvalue weighted by atomic mass is 16.1. The van der Waals surface area contributed by atoms with Gasteiger partial charge in [-0.05, 0) is 34.6 Å². The fourth-order valence-electron chi connectivity index (χ4n) is 1.65. The molecule has 108 valence electrons. The molecule has 0 saturated carbocycles. The van der Waals surface area contributed by atoms with E-state index >= 15 is 0 Å². The molecule has 1 rings (SSSR count). The van der Waals surface area contributed by atoms with Gasteiger partial charge in [-0.1, -0.05) is 0 Å². The molecule has 0 aliphatic carbocycles. The van der Waals surface area contributed by atoms with Gasteiger partial charge in [0.1, 0.15) is 0 Å². The van der Waals surface area contributed by atoms with Crippen molar-refractivity contribution in [2.24, 2.45) is 0 Å². The van der Waals surface area contributed by atoms with Crippen molar-refractivity contribution in [3.8, 4) is 0 Å². The monoisotopic (exact) mass is 266 g/mol. The van der Waals surface area contributed by atoms with Gasteiger partial charge < -0.3 is 10.6 Å². The van der Waals surface area contributed by atoms with E-state index in [2.05, 4.69) is 36.5 Å². The Balaban J connectivity index is 2.27. The van der Waals surface area contributed by atoms with Crippen LogP contribution in [0.5, 0.6) is 0 Å². The minimum Gasteiger partial charge on any atom is -0.354 e. The van der Waals surface area contributed by atoms with Crippen molar-refractivity contribution in [1.82, 2.24) is 20.4 Å². The van der Waals surface area contributed by atoms with E-state index < -0.39 is 0 Å². The number of amides is 1. The number of carbonyl (C=O) groups excluding carboxylic acids is 1. The van der Waals surface area contributed by atoms with Gasteiger partial charge in [0.25, 0.3) is 0 Å². The highest BCUT2D eigenvalue weighted by Crippen LogP contribution is 2.12. The molecule has 0 atom stereocenters. The van der Waals surface area contributed by atoms with Gasteiger partial charge in [-0.3, -0.25) is 9.48 Å². The third-order valence-electron chi connectivity index (χ3n) is 2.63. The number of hydrogen-bond acceptors (Lipinski definition) is 3. The van der Waals surface area contributed by atoms with Crippen molar-refractivity contribution in [3.63, 3.8) is 0 Å². The molecule has 0 radical (unpaired) electrons. The average molecular weight is 266 g/mol. The maximum Gasteiger partial charge on any atom is 0.221 e. The van der Waals surface area contributed by atoms with E-state index in [0.29, 0.717) is 13.0 Å².